The minimum atomic E-state index is -0.582. The van der Waals surface area contributed by atoms with Crippen molar-refractivity contribution in [3.63, 3.8) is 0 Å². The van der Waals surface area contributed by atoms with E-state index < -0.39 is 5.91 Å². The SMILES string of the molecule is Cc1ccc(C)c(/C=N/NC(=O)c2[nH+]c(Cl)c(Cl)c(N)c2Cl)c1. The largest absolute Gasteiger partial charge is 0.396 e. The number of nitrogens with zero attached hydrogens (tertiary/aromatic N) is 1. The summed E-state index contributed by atoms with van der Waals surface area (Å²) in [5.74, 6) is -0.582. The third-order valence-corrected chi connectivity index (χ3v) is 4.32. The molecule has 23 heavy (non-hydrogen) atoms. The molecule has 0 aliphatic heterocycles. The average Bonchev–Trinajstić information content (AvgIpc) is 2.52. The minimum Gasteiger partial charge on any atom is -0.396 e. The highest BCUT2D eigenvalue weighted by Gasteiger charge is 2.25. The van der Waals surface area contributed by atoms with E-state index in [-0.39, 0.29) is 26.6 Å². The molecule has 0 spiro atoms. The number of nitrogens with two attached hydrogens (primary N) is 1. The van der Waals surface area contributed by atoms with Gasteiger partial charge in [-0.25, -0.2) is 5.43 Å². The van der Waals surface area contributed by atoms with E-state index in [1.807, 2.05) is 32.0 Å². The highest BCUT2D eigenvalue weighted by atomic mass is 35.5. The molecule has 0 saturated carbocycles. The van der Waals surface area contributed by atoms with Crippen molar-refractivity contribution >= 4 is 52.6 Å². The van der Waals surface area contributed by atoms with Crippen molar-refractivity contribution in [2.45, 2.75) is 13.8 Å². The van der Waals surface area contributed by atoms with E-state index in [1.165, 1.54) is 0 Å². The van der Waals surface area contributed by atoms with Crippen molar-refractivity contribution in [1.82, 2.24) is 5.43 Å². The number of benzene rings is 1. The molecule has 0 fully saturated rings. The highest BCUT2D eigenvalue weighted by molar-refractivity contribution is 6.45. The number of H-pyrrole nitrogens is 1. The zero-order chi connectivity index (χ0) is 17.1. The number of aromatic amines is 1. The van der Waals surface area contributed by atoms with E-state index in [2.05, 4.69) is 15.5 Å². The van der Waals surface area contributed by atoms with Crippen LogP contribution < -0.4 is 16.1 Å². The fourth-order valence-electron chi connectivity index (χ4n) is 1.84. The summed E-state index contributed by atoms with van der Waals surface area (Å²) < 4.78 is 0. The van der Waals surface area contributed by atoms with E-state index in [9.17, 15) is 4.79 Å². The van der Waals surface area contributed by atoms with Gasteiger partial charge in [0.15, 0.2) is 0 Å². The fourth-order valence-corrected chi connectivity index (χ4v) is 2.45. The molecule has 0 aliphatic rings. The number of aromatic nitrogens is 1. The number of halogens is 3. The number of aryl methyl sites for hydroxylation is 2. The normalized spacial score (nSPS) is 11.0. The Kier molecular flexibility index (Phi) is 5.46. The predicted molar refractivity (Wildman–Crippen MR) is 93.4 cm³/mol. The molecule has 0 atom stereocenters. The Labute approximate surface area is 148 Å². The molecule has 2 rings (SSSR count). The first kappa shape index (κ1) is 17.5. The molecule has 2 aromatic rings. The second-order valence-corrected chi connectivity index (χ2v) is 6.05. The summed E-state index contributed by atoms with van der Waals surface area (Å²) >= 11 is 17.7. The minimum absolute atomic E-state index is 0.0150. The quantitative estimate of drug-likeness (QED) is 0.491. The second-order valence-electron chi connectivity index (χ2n) is 4.91. The number of amides is 1. The number of nitrogen functional groups attached to an aromatic ring is 1. The van der Waals surface area contributed by atoms with Gasteiger partial charge in [0.1, 0.15) is 10.0 Å². The number of rotatable bonds is 3. The number of pyridine rings is 1. The molecule has 5 nitrogen and oxygen atoms in total. The molecular formula is C15H14Cl3N4O+. The van der Waals surface area contributed by atoms with Gasteiger partial charge in [-0.15, -0.1) is 0 Å². The summed E-state index contributed by atoms with van der Waals surface area (Å²) in [4.78, 5) is 14.7. The lowest BCUT2D eigenvalue weighted by Gasteiger charge is -2.03. The number of carbonyl (C=O) groups excluding carboxylic acids is 1. The van der Waals surface area contributed by atoms with Gasteiger partial charge in [0, 0.05) is 0 Å². The molecule has 0 saturated heterocycles. The van der Waals surface area contributed by atoms with Crippen molar-refractivity contribution in [3.05, 3.63) is 55.8 Å². The van der Waals surface area contributed by atoms with Crippen LogP contribution in [0.25, 0.3) is 0 Å². The van der Waals surface area contributed by atoms with Gasteiger partial charge in [0.25, 0.3) is 10.8 Å². The zero-order valence-corrected chi connectivity index (χ0v) is 14.6. The Balaban J connectivity index is 2.20. The topological polar surface area (TPSA) is 81.6 Å². The van der Waals surface area contributed by atoms with Crippen molar-refractivity contribution in [2.75, 3.05) is 5.73 Å². The number of nitrogens with one attached hydrogen (secondary N) is 2. The lowest BCUT2D eigenvalue weighted by atomic mass is 10.1. The number of carbonyl (C=O) groups is 1. The molecular weight excluding hydrogens is 359 g/mol. The van der Waals surface area contributed by atoms with Crippen LogP contribution in [0.15, 0.2) is 23.3 Å². The number of anilines is 1. The van der Waals surface area contributed by atoms with Gasteiger partial charge in [-0.1, -0.05) is 47.0 Å². The molecule has 0 bridgehead atoms. The van der Waals surface area contributed by atoms with Gasteiger partial charge in [-0.2, -0.15) is 10.1 Å². The van der Waals surface area contributed by atoms with Crippen molar-refractivity contribution in [1.29, 1.82) is 0 Å². The van der Waals surface area contributed by atoms with E-state index >= 15 is 0 Å². The van der Waals surface area contributed by atoms with Gasteiger partial charge in [0.2, 0.25) is 0 Å². The van der Waals surface area contributed by atoms with Crippen LogP contribution in [-0.2, 0) is 0 Å². The van der Waals surface area contributed by atoms with Crippen molar-refractivity contribution < 1.29 is 9.78 Å². The first-order chi connectivity index (χ1) is 10.8. The van der Waals surface area contributed by atoms with Gasteiger partial charge in [-0.3, -0.25) is 4.79 Å². The summed E-state index contributed by atoms with van der Waals surface area (Å²) in [6.07, 6.45) is 1.55. The summed E-state index contributed by atoms with van der Waals surface area (Å²) in [7, 11) is 0. The summed E-state index contributed by atoms with van der Waals surface area (Å²) in [6, 6.07) is 5.93. The Morgan fingerprint density at radius 2 is 1.96 bits per heavy atom. The second kappa shape index (κ2) is 7.17. The highest BCUT2D eigenvalue weighted by Crippen LogP contribution is 2.31. The molecule has 1 aromatic heterocycles. The Morgan fingerprint density at radius 3 is 2.65 bits per heavy atom. The molecule has 0 aliphatic carbocycles. The van der Waals surface area contributed by atoms with Crippen LogP contribution >= 0.6 is 34.8 Å². The lowest BCUT2D eigenvalue weighted by Crippen LogP contribution is -2.28. The average molecular weight is 373 g/mol. The molecule has 0 unspecified atom stereocenters. The lowest BCUT2D eigenvalue weighted by molar-refractivity contribution is -0.379. The smallest absolute Gasteiger partial charge is 0.337 e. The van der Waals surface area contributed by atoms with Gasteiger partial charge < -0.3 is 5.73 Å². The summed E-state index contributed by atoms with van der Waals surface area (Å²) in [5, 5.41) is 4.00. The van der Waals surface area contributed by atoms with E-state index in [0.717, 1.165) is 16.7 Å². The molecule has 0 radical (unpaired) electrons. The zero-order valence-electron chi connectivity index (χ0n) is 12.4. The number of hydrogen-bond acceptors (Lipinski definition) is 3. The van der Waals surface area contributed by atoms with Gasteiger partial charge >= 0.3 is 5.91 Å². The van der Waals surface area contributed by atoms with Gasteiger partial charge in [-0.05, 0) is 36.6 Å². The Hall–Kier alpha value is -1.82. The number of hydrazone groups is 1. The van der Waals surface area contributed by atoms with Crippen LogP contribution in [0, 0.1) is 13.8 Å². The Morgan fingerprint density at radius 1 is 1.26 bits per heavy atom. The Bertz CT molecular complexity index is 806. The van der Waals surface area contributed by atoms with Crippen LogP contribution in [-0.4, -0.2) is 12.1 Å². The molecule has 4 N–H and O–H groups in total. The molecule has 120 valence electrons. The third-order valence-electron chi connectivity index (χ3n) is 3.15. The summed E-state index contributed by atoms with van der Waals surface area (Å²) in [6.45, 7) is 3.93. The first-order valence-corrected chi connectivity index (χ1v) is 7.70. The standard InChI is InChI=1S/C15H13Cl3N4O/c1-7-3-4-8(2)9(5-7)6-20-22-15(23)13-10(16)12(19)11(17)14(18)21-13/h3-6H,1-2H3,(H2,19,21)(H,22,23)/p+1/b20-6+. The van der Waals surface area contributed by atoms with Crippen LogP contribution in [0.2, 0.25) is 15.2 Å². The summed E-state index contributed by atoms with van der Waals surface area (Å²) in [5.41, 5.74) is 11.1. The van der Waals surface area contributed by atoms with E-state index in [0.29, 0.717) is 0 Å². The maximum absolute atomic E-state index is 12.1. The van der Waals surface area contributed by atoms with Gasteiger partial charge in [0.05, 0.1) is 11.9 Å². The van der Waals surface area contributed by atoms with Crippen molar-refractivity contribution in [3.8, 4) is 0 Å². The fraction of sp³-hybridized carbons (Fsp3) is 0.133. The number of hydrogen-bond donors (Lipinski definition) is 2. The van der Waals surface area contributed by atoms with Crippen LogP contribution in [0.1, 0.15) is 27.2 Å². The molecule has 1 aromatic carbocycles. The third kappa shape index (κ3) is 3.93. The van der Waals surface area contributed by atoms with Crippen LogP contribution in [0.4, 0.5) is 5.69 Å². The van der Waals surface area contributed by atoms with Crippen LogP contribution in [0.5, 0.6) is 0 Å². The van der Waals surface area contributed by atoms with Crippen molar-refractivity contribution in [2.24, 2.45) is 5.10 Å². The van der Waals surface area contributed by atoms with Crippen LogP contribution in [0.3, 0.4) is 0 Å². The molecule has 1 amide bonds. The maximum Gasteiger partial charge on any atom is 0.337 e. The van der Waals surface area contributed by atoms with E-state index in [4.69, 9.17) is 40.5 Å². The predicted octanol–water partition coefficient (Wildman–Crippen LogP) is 3.42. The monoisotopic (exact) mass is 371 g/mol. The maximum atomic E-state index is 12.1. The van der Waals surface area contributed by atoms with E-state index in [1.54, 1.807) is 6.21 Å². The molecule has 8 heteroatoms. The first-order valence-electron chi connectivity index (χ1n) is 6.57. The molecule has 1 heterocycles.